The summed E-state index contributed by atoms with van der Waals surface area (Å²) >= 11 is 11.2. The number of nitrogens with zero attached hydrogens (tertiary/aromatic N) is 1. The van der Waals surface area contributed by atoms with Crippen molar-refractivity contribution in [1.82, 2.24) is 4.98 Å². The molecular weight excluding hydrogens is 348 g/mol. The maximum atomic E-state index is 6.07. The molecule has 1 heterocycles. The van der Waals surface area contributed by atoms with E-state index in [1.165, 1.54) is 0 Å². The average Bonchev–Trinajstić information content (AvgIpc) is 2.76. The number of halogens is 2. The second-order valence-electron chi connectivity index (χ2n) is 3.93. The summed E-state index contributed by atoms with van der Waals surface area (Å²) in [5.41, 5.74) is 1.91. The predicted octanol–water partition coefficient (Wildman–Crippen LogP) is 4.88. The van der Waals surface area contributed by atoms with Crippen molar-refractivity contribution in [3.05, 3.63) is 37.7 Å². The summed E-state index contributed by atoms with van der Waals surface area (Å²) in [4.78, 5) is 4.42. The van der Waals surface area contributed by atoms with Gasteiger partial charge in [-0.1, -0.05) is 11.6 Å². The third kappa shape index (κ3) is 3.84. The number of aryl methyl sites for hydroxylation is 1. The monoisotopic (exact) mass is 360 g/mol. The van der Waals surface area contributed by atoms with E-state index in [-0.39, 0.29) is 0 Å². The molecule has 0 saturated carbocycles. The number of hydrogen-bond donors (Lipinski definition) is 1. The normalized spacial score (nSPS) is 10.5. The van der Waals surface area contributed by atoms with Crippen molar-refractivity contribution < 1.29 is 4.74 Å². The molecule has 0 radical (unpaired) electrons. The van der Waals surface area contributed by atoms with Crippen molar-refractivity contribution in [2.75, 3.05) is 11.9 Å². The molecule has 0 fully saturated rings. The Morgan fingerprint density at radius 1 is 1.47 bits per heavy atom. The van der Waals surface area contributed by atoms with E-state index >= 15 is 0 Å². The highest BCUT2D eigenvalue weighted by molar-refractivity contribution is 9.10. The van der Waals surface area contributed by atoms with Gasteiger partial charge in [-0.05, 0) is 41.9 Å². The maximum Gasteiger partial charge on any atom is 0.156 e. The first-order valence-corrected chi connectivity index (χ1v) is 7.92. The SMILES string of the molecule is CCOc1c(Br)cc(Cl)cc1NCc1nc(C)cs1. The molecule has 0 aliphatic rings. The van der Waals surface area contributed by atoms with Gasteiger partial charge >= 0.3 is 0 Å². The third-order valence-electron chi connectivity index (χ3n) is 2.39. The fourth-order valence-electron chi connectivity index (χ4n) is 1.64. The van der Waals surface area contributed by atoms with Gasteiger partial charge in [0.1, 0.15) is 5.01 Å². The summed E-state index contributed by atoms with van der Waals surface area (Å²) in [6, 6.07) is 3.68. The second-order valence-corrected chi connectivity index (χ2v) is 6.17. The van der Waals surface area contributed by atoms with Gasteiger partial charge in [0.25, 0.3) is 0 Å². The van der Waals surface area contributed by atoms with E-state index < -0.39 is 0 Å². The molecule has 2 aromatic rings. The van der Waals surface area contributed by atoms with Crippen LogP contribution in [0, 0.1) is 6.92 Å². The van der Waals surface area contributed by atoms with Crippen molar-refractivity contribution in [2.24, 2.45) is 0 Å². The average molecular weight is 362 g/mol. The number of thiazole rings is 1. The topological polar surface area (TPSA) is 34.1 Å². The zero-order chi connectivity index (χ0) is 13.8. The largest absolute Gasteiger partial charge is 0.491 e. The molecule has 1 aromatic carbocycles. The van der Waals surface area contributed by atoms with Gasteiger partial charge in [0.05, 0.1) is 23.3 Å². The Morgan fingerprint density at radius 2 is 2.26 bits per heavy atom. The molecule has 0 bridgehead atoms. The van der Waals surface area contributed by atoms with Gasteiger partial charge in [0.15, 0.2) is 5.75 Å². The number of hydrogen-bond acceptors (Lipinski definition) is 4. The van der Waals surface area contributed by atoms with Crippen LogP contribution in [-0.4, -0.2) is 11.6 Å². The number of anilines is 1. The summed E-state index contributed by atoms with van der Waals surface area (Å²) < 4.78 is 6.48. The zero-order valence-electron chi connectivity index (χ0n) is 10.7. The number of benzene rings is 1. The molecule has 0 aliphatic heterocycles. The Labute approximate surface area is 130 Å². The Hall–Kier alpha value is -0.780. The highest BCUT2D eigenvalue weighted by atomic mass is 79.9. The van der Waals surface area contributed by atoms with Gasteiger partial charge < -0.3 is 10.1 Å². The van der Waals surface area contributed by atoms with E-state index in [0.717, 1.165) is 26.6 Å². The Bertz CT molecular complexity index is 574. The molecule has 1 N–H and O–H groups in total. The van der Waals surface area contributed by atoms with Crippen molar-refractivity contribution >= 4 is 44.6 Å². The minimum Gasteiger partial charge on any atom is -0.491 e. The fraction of sp³-hybridized carbons (Fsp3) is 0.308. The number of aromatic nitrogens is 1. The van der Waals surface area contributed by atoms with Crippen LogP contribution < -0.4 is 10.1 Å². The van der Waals surface area contributed by atoms with E-state index in [9.17, 15) is 0 Å². The molecule has 0 aliphatic carbocycles. The minimum atomic E-state index is 0.602. The van der Waals surface area contributed by atoms with E-state index in [4.69, 9.17) is 16.3 Å². The molecule has 19 heavy (non-hydrogen) atoms. The molecule has 0 atom stereocenters. The van der Waals surface area contributed by atoms with Crippen molar-refractivity contribution in [1.29, 1.82) is 0 Å². The van der Waals surface area contributed by atoms with E-state index in [0.29, 0.717) is 18.2 Å². The lowest BCUT2D eigenvalue weighted by Gasteiger charge is -2.14. The van der Waals surface area contributed by atoms with Gasteiger partial charge in [0, 0.05) is 16.1 Å². The first kappa shape index (κ1) is 14.6. The van der Waals surface area contributed by atoms with Crippen LogP contribution in [0.1, 0.15) is 17.6 Å². The summed E-state index contributed by atoms with van der Waals surface area (Å²) in [5.74, 6) is 0.778. The van der Waals surface area contributed by atoms with Crippen molar-refractivity contribution in [3.8, 4) is 5.75 Å². The van der Waals surface area contributed by atoms with Crippen molar-refractivity contribution in [2.45, 2.75) is 20.4 Å². The first-order valence-electron chi connectivity index (χ1n) is 5.87. The number of nitrogens with one attached hydrogen (secondary N) is 1. The Balaban J connectivity index is 2.18. The van der Waals surface area contributed by atoms with Crippen LogP contribution in [-0.2, 0) is 6.54 Å². The van der Waals surface area contributed by atoms with Gasteiger partial charge in [-0.15, -0.1) is 11.3 Å². The summed E-state index contributed by atoms with van der Waals surface area (Å²) in [6.45, 7) is 5.20. The fourth-order valence-corrected chi connectivity index (χ4v) is 3.27. The summed E-state index contributed by atoms with van der Waals surface area (Å²) in [6.07, 6.45) is 0. The van der Waals surface area contributed by atoms with Gasteiger partial charge in [-0.25, -0.2) is 4.98 Å². The number of rotatable bonds is 5. The van der Waals surface area contributed by atoms with E-state index in [2.05, 4.69) is 26.2 Å². The molecule has 6 heteroatoms. The summed E-state index contributed by atoms with van der Waals surface area (Å²) in [5, 5.41) is 7.05. The Kier molecular flexibility index (Phi) is 5.07. The second kappa shape index (κ2) is 6.59. The molecule has 2 rings (SSSR count). The molecule has 0 saturated heterocycles. The minimum absolute atomic E-state index is 0.602. The van der Waals surface area contributed by atoms with Crippen molar-refractivity contribution in [3.63, 3.8) is 0 Å². The highest BCUT2D eigenvalue weighted by Crippen LogP contribution is 2.36. The van der Waals surface area contributed by atoms with Gasteiger partial charge in [0.2, 0.25) is 0 Å². The molecule has 0 unspecified atom stereocenters. The molecule has 102 valence electrons. The lowest BCUT2D eigenvalue weighted by Crippen LogP contribution is -2.03. The molecular formula is C13H14BrClN2OS. The van der Waals surface area contributed by atoms with Crippen LogP contribution in [0.2, 0.25) is 5.02 Å². The van der Waals surface area contributed by atoms with E-state index in [1.807, 2.05) is 31.4 Å². The van der Waals surface area contributed by atoms with Crippen LogP contribution in [0.5, 0.6) is 5.75 Å². The maximum absolute atomic E-state index is 6.07. The van der Waals surface area contributed by atoms with Crippen LogP contribution >= 0.6 is 38.9 Å². The lowest BCUT2D eigenvalue weighted by atomic mass is 10.3. The van der Waals surface area contributed by atoms with E-state index in [1.54, 1.807) is 11.3 Å². The molecule has 0 amide bonds. The van der Waals surface area contributed by atoms with Gasteiger partial charge in [-0.2, -0.15) is 0 Å². The third-order valence-corrected chi connectivity index (χ3v) is 4.17. The smallest absolute Gasteiger partial charge is 0.156 e. The summed E-state index contributed by atoms with van der Waals surface area (Å²) in [7, 11) is 0. The van der Waals surface area contributed by atoms with Crippen LogP contribution in [0.25, 0.3) is 0 Å². The predicted molar refractivity (Wildman–Crippen MR) is 84.5 cm³/mol. The number of ether oxygens (including phenoxy) is 1. The van der Waals surface area contributed by atoms with Crippen LogP contribution in [0.4, 0.5) is 5.69 Å². The molecule has 0 spiro atoms. The first-order chi connectivity index (χ1) is 9.10. The lowest BCUT2D eigenvalue weighted by molar-refractivity contribution is 0.339. The standard InChI is InChI=1S/C13H14BrClN2OS/c1-3-18-13-10(14)4-9(15)5-11(13)16-6-12-17-8(2)7-19-12/h4-5,7,16H,3,6H2,1-2H3. The Morgan fingerprint density at radius 3 is 2.89 bits per heavy atom. The van der Waals surface area contributed by atoms with Gasteiger partial charge in [-0.3, -0.25) is 0 Å². The zero-order valence-corrected chi connectivity index (χ0v) is 13.8. The van der Waals surface area contributed by atoms with Crippen LogP contribution in [0.15, 0.2) is 22.0 Å². The molecule has 1 aromatic heterocycles. The quantitative estimate of drug-likeness (QED) is 0.824. The van der Waals surface area contributed by atoms with Crippen LogP contribution in [0.3, 0.4) is 0 Å². The highest BCUT2D eigenvalue weighted by Gasteiger charge is 2.10. The molecule has 3 nitrogen and oxygen atoms in total.